The van der Waals surface area contributed by atoms with Crippen molar-refractivity contribution in [3.8, 4) is 0 Å². The second-order valence-electron chi connectivity index (χ2n) is 2.40. The van der Waals surface area contributed by atoms with E-state index in [-0.39, 0.29) is 18.8 Å². The van der Waals surface area contributed by atoms with Crippen LogP contribution in [0.15, 0.2) is 11.8 Å². The number of Topliss-reactive ketones (excluding diaryl/α,β-unsaturated/α-hetero) is 1. The zero-order chi connectivity index (χ0) is 9.56. The number of carbonyl (C=O) groups is 2. The maximum atomic E-state index is 10.7. The molecular weight excluding hydrogens is 158 g/mol. The third kappa shape index (κ3) is 5.46. The Bertz CT molecular complexity index is 208. The molecule has 0 amide bonds. The van der Waals surface area contributed by atoms with E-state index in [1.165, 1.54) is 6.92 Å². The van der Waals surface area contributed by atoms with Gasteiger partial charge in [0.1, 0.15) is 18.8 Å². The monoisotopic (exact) mass is 171 g/mol. The molecule has 0 rings (SSSR count). The first-order chi connectivity index (χ1) is 5.56. The quantitative estimate of drug-likeness (QED) is 0.490. The summed E-state index contributed by atoms with van der Waals surface area (Å²) < 4.78 is 4.65. The molecule has 4 nitrogen and oxygen atoms in total. The van der Waals surface area contributed by atoms with E-state index in [1.807, 2.05) is 0 Å². The van der Waals surface area contributed by atoms with Crippen molar-refractivity contribution in [2.24, 2.45) is 5.73 Å². The highest BCUT2D eigenvalue weighted by Gasteiger charge is 2.05. The molecule has 12 heavy (non-hydrogen) atoms. The van der Waals surface area contributed by atoms with Crippen LogP contribution in [0.25, 0.3) is 0 Å². The molecule has 0 aromatic heterocycles. The van der Waals surface area contributed by atoms with Crippen molar-refractivity contribution in [1.29, 1.82) is 0 Å². The van der Waals surface area contributed by atoms with Crippen LogP contribution in [0.2, 0.25) is 0 Å². The minimum Gasteiger partial charge on any atom is -0.459 e. The molecule has 0 bridgehead atoms. The van der Waals surface area contributed by atoms with Gasteiger partial charge in [-0.05, 0) is 13.8 Å². The number of ketones is 1. The number of carbonyl (C=O) groups excluding carboxylic acids is 2. The van der Waals surface area contributed by atoms with Crippen LogP contribution in [0.3, 0.4) is 0 Å². The van der Waals surface area contributed by atoms with Crippen LogP contribution in [-0.2, 0) is 14.3 Å². The van der Waals surface area contributed by atoms with E-state index >= 15 is 0 Å². The number of rotatable bonds is 4. The molecule has 68 valence electrons. The van der Waals surface area contributed by atoms with Gasteiger partial charge in [-0.25, -0.2) is 0 Å². The third-order valence-corrected chi connectivity index (χ3v) is 1.16. The van der Waals surface area contributed by atoms with Crippen LogP contribution < -0.4 is 5.73 Å². The lowest BCUT2D eigenvalue weighted by atomic mass is 10.3. The highest BCUT2D eigenvalue weighted by atomic mass is 16.5. The fourth-order valence-corrected chi connectivity index (χ4v) is 0.501. The van der Waals surface area contributed by atoms with Crippen LogP contribution >= 0.6 is 0 Å². The van der Waals surface area contributed by atoms with Gasteiger partial charge in [-0.15, -0.1) is 0 Å². The Balaban J connectivity index is 3.65. The topological polar surface area (TPSA) is 69.4 Å². The minimum atomic E-state index is -0.535. The summed E-state index contributed by atoms with van der Waals surface area (Å²) >= 11 is 0. The molecule has 0 unspecified atom stereocenters. The summed E-state index contributed by atoms with van der Waals surface area (Å²) in [6.45, 7) is 3.14. The van der Waals surface area contributed by atoms with E-state index in [9.17, 15) is 9.59 Å². The Kier molecular flexibility index (Phi) is 4.76. The molecule has 0 aliphatic heterocycles. The van der Waals surface area contributed by atoms with Gasteiger partial charge in [0.05, 0.1) is 0 Å². The SMILES string of the molecule is CC=C(N)COC(=O)CC(C)=O. The van der Waals surface area contributed by atoms with Crippen molar-refractivity contribution in [2.45, 2.75) is 20.3 Å². The van der Waals surface area contributed by atoms with Crippen LogP contribution in [-0.4, -0.2) is 18.4 Å². The second kappa shape index (κ2) is 5.35. The Morgan fingerprint density at radius 3 is 2.50 bits per heavy atom. The molecule has 0 aliphatic rings. The van der Waals surface area contributed by atoms with E-state index in [2.05, 4.69) is 4.74 Å². The van der Waals surface area contributed by atoms with Crippen molar-refractivity contribution in [1.82, 2.24) is 0 Å². The van der Waals surface area contributed by atoms with Crippen molar-refractivity contribution >= 4 is 11.8 Å². The van der Waals surface area contributed by atoms with E-state index in [1.54, 1.807) is 13.0 Å². The van der Waals surface area contributed by atoms with Crippen LogP contribution in [0.1, 0.15) is 20.3 Å². The summed E-state index contributed by atoms with van der Waals surface area (Å²) in [6.07, 6.45) is 1.46. The molecule has 0 aromatic carbocycles. The summed E-state index contributed by atoms with van der Waals surface area (Å²) in [6, 6.07) is 0. The molecule has 4 heteroatoms. The Morgan fingerprint density at radius 1 is 1.50 bits per heavy atom. The van der Waals surface area contributed by atoms with Crippen LogP contribution in [0.5, 0.6) is 0 Å². The molecule has 0 aromatic rings. The zero-order valence-electron chi connectivity index (χ0n) is 7.29. The summed E-state index contributed by atoms with van der Waals surface area (Å²) in [5, 5.41) is 0. The van der Waals surface area contributed by atoms with E-state index in [0.717, 1.165) is 0 Å². The average Bonchev–Trinajstić information content (AvgIpc) is 1.99. The maximum absolute atomic E-state index is 10.7. The number of hydrogen-bond acceptors (Lipinski definition) is 4. The highest BCUT2D eigenvalue weighted by Crippen LogP contribution is 1.91. The van der Waals surface area contributed by atoms with E-state index in [4.69, 9.17) is 5.73 Å². The van der Waals surface area contributed by atoms with E-state index < -0.39 is 5.97 Å². The zero-order valence-corrected chi connectivity index (χ0v) is 7.29. The molecule has 0 saturated carbocycles. The maximum Gasteiger partial charge on any atom is 0.313 e. The van der Waals surface area contributed by atoms with Crippen molar-refractivity contribution in [2.75, 3.05) is 6.61 Å². The number of allylic oxidation sites excluding steroid dienone is 1. The highest BCUT2D eigenvalue weighted by molar-refractivity contribution is 5.94. The van der Waals surface area contributed by atoms with Gasteiger partial charge in [0.2, 0.25) is 0 Å². The lowest BCUT2D eigenvalue weighted by Gasteiger charge is -2.02. The van der Waals surface area contributed by atoms with E-state index in [0.29, 0.717) is 5.70 Å². The smallest absolute Gasteiger partial charge is 0.313 e. The standard InChI is InChI=1S/C8H13NO3/c1-3-7(9)5-12-8(11)4-6(2)10/h3H,4-5,9H2,1-2H3. The molecule has 0 atom stereocenters. The van der Waals surface area contributed by atoms with Gasteiger partial charge in [-0.2, -0.15) is 0 Å². The van der Waals surface area contributed by atoms with Crippen LogP contribution in [0.4, 0.5) is 0 Å². The van der Waals surface area contributed by atoms with Gasteiger partial charge in [0.25, 0.3) is 0 Å². The summed E-state index contributed by atoms with van der Waals surface area (Å²) in [4.78, 5) is 21.2. The van der Waals surface area contributed by atoms with Gasteiger partial charge in [0.15, 0.2) is 0 Å². The molecule has 0 saturated heterocycles. The molecule has 2 N–H and O–H groups in total. The fourth-order valence-electron chi connectivity index (χ4n) is 0.501. The van der Waals surface area contributed by atoms with Gasteiger partial charge >= 0.3 is 5.97 Å². The van der Waals surface area contributed by atoms with Crippen molar-refractivity contribution < 1.29 is 14.3 Å². The van der Waals surface area contributed by atoms with Gasteiger partial charge < -0.3 is 10.5 Å². The molecule has 0 spiro atoms. The van der Waals surface area contributed by atoms with Crippen molar-refractivity contribution in [3.05, 3.63) is 11.8 Å². The second-order valence-corrected chi connectivity index (χ2v) is 2.40. The Labute approximate surface area is 71.4 Å². The average molecular weight is 171 g/mol. The number of ether oxygens (including phenoxy) is 1. The molecule has 0 heterocycles. The first-order valence-corrected chi connectivity index (χ1v) is 3.62. The van der Waals surface area contributed by atoms with Crippen molar-refractivity contribution in [3.63, 3.8) is 0 Å². The largest absolute Gasteiger partial charge is 0.459 e. The summed E-state index contributed by atoms with van der Waals surface area (Å²) in [5.41, 5.74) is 5.83. The lowest BCUT2D eigenvalue weighted by molar-refractivity contribution is -0.144. The summed E-state index contributed by atoms with van der Waals surface area (Å²) in [7, 11) is 0. The Hall–Kier alpha value is -1.32. The number of nitrogens with two attached hydrogens (primary N) is 1. The summed E-state index contributed by atoms with van der Waals surface area (Å²) in [5.74, 6) is -0.744. The number of hydrogen-bond donors (Lipinski definition) is 1. The van der Waals surface area contributed by atoms with Gasteiger partial charge in [0, 0.05) is 5.70 Å². The normalized spacial score (nSPS) is 11.0. The first kappa shape index (κ1) is 10.7. The lowest BCUT2D eigenvalue weighted by Crippen LogP contribution is -2.13. The molecular formula is C8H13NO3. The first-order valence-electron chi connectivity index (χ1n) is 3.62. The number of esters is 1. The molecule has 0 aliphatic carbocycles. The predicted octanol–water partition coefficient (Wildman–Crippen LogP) is 0.371. The minimum absolute atomic E-state index is 0.0581. The van der Waals surface area contributed by atoms with Gasteiger partial charge in [-0.1, -0.05) is 6.08 Å². The molecule has 0 fully saturated rings. The third-order valence-electron chi connectivity index (χ3n) is 1.16. The molecule has 0 radical (unpaired) electrons. The predicted molar refractivity (Wildman–Crippen MR) is 44.2 cm³/mol. The fraction of sp³-hybridized carbons (Fsp3) is 0.500. The van der Waals surface area contributed by atoms with Gasteiger partial charge in [-0.3, -0.25) is 9.59 Å². The Morgan fingerprint density at radius 2 is 2.08 bits per heavy atom. The van der Waals surface area contributed by atoms with Crippen LogP contribution in [0, 0.1) is 0 Å².